The highest BCUT2D eigenvalue weighted by atomic mass is 19.1. The fraction of sp³-hybridized carbons (Fsp3) is 0.421. The molecule has 0 spiro atoms. The molecular weight excluding hydrogens is 305 g/mol. The topological polar surface area (TPSA) is 60.2 Å². The van der Waals surface area contributed by atoms with Crippen LogP contribution in [0.5, 0.6) is 5.88 Å². The Morgan fingerprint density at radius 2 is 1.83 bits per heavy atom. The van der Waals surface area contributed by atoms with Crippen LogP contribution in [0.25, 0.3) is 11.3 Å². The summed E-state index contributed by atoms with van der Waals surface area (Å²) in [5.41, 5.74) is 8.34. The van der Waals surface area contributed by atoms with E-state index >= 15 is 0 Å². The van der Waals surface area contributed by atoms with Crippen LogP contribution in [0.3, 0.4) is 0 Å². The zero-order valence-electron chi connectivity index (χ0n) is 13.9. The Morgan fingerprint density at radius 3 is 2.46 bits per heavy atom. The highest BCUT2D eigenvalue weighted by molar-refractivity contribution is 5.61. The second-order valence-corrected chi connectivity index (χ2v) is 7.38. The summed E-state index contributed by atoms with van der Waals surface area (Å²) in [6.45, 7) is 5.94. The molecule has 5 heteroatoms. The standard InChI is InChI=1S/C19H22FN3O/c1-19(2,21)12-7-16(11-3-5-13(20)6-4-11)23-17(8-12)24-18-14-9-22-10-15(14)18/h3-8,14-15,18,22H,9-10,21H2,1-2H3. The normalized spacial score (nSPS) is 25.4. The smallest absolute Gasteiger partial charge is 0.214 e. The van der Waals surface area contributed by atoms with E-state index in [4.69, 9.17) is 10.5 Å². The molecule has 0 amide bonds. The van der Waals surface area contributed by atoms with Crippen molar-refractivity contribution < 1.29 is 9.13 Å². The van der Waals surface area contributed by atoms with E-state index in [0.29, 0.717) is 17.7 Å². The van der Waals surface area contributed by atoms with Crippen LogP contribution in [-0.4, -0.2) is 24.2 Å². The van der Waals surface area contributed by atoms with E-state index in [-0.39, 0.29) is 11.9 Å². The van der Waals surface area contributed by atoms with E-state index in [1.54, 1.807) is 12.1 Å². The molecule has 1 aromatic carbocycles. The molecule has 2 aliphatic rings. The number of hydrogen-bond donors (Lipinski definition) is 2. The van der Waals surface area contributed by atoms with E-state index in [0.717, 1.165) is 29.9 Å². The van der Waals surface area contributed by atoms with Crippen molar-refractivity contribution >= 4 is 0 Å². The highest BCUT2D eigenvalue weighted by Crippen LogP contribution is 2.44. The number of aromatic nitrogens is 1. The Hall–Kier alpha value is -1.98. The van der Waals surface area contributed by atoms with Crippen molar-refractivity contribution in [2.75, 3.05) is 13.1 Å². The number of piperidine rings is 1. The molecule has 4 nitrogen and oxygen atoms in total. The van der Waals surface area contributed by atoms with Crippen LogP contribution in [0.1, 0.15) is 19.4 Å². The minimum atomic E-state index is -0.503. The lowest BCUT2D eigenvalue weighted by Crippen LogP contribution is -2.29. The molecule has 0 bridgehead atoms. The largest absolute Gasteiger partial charge is 0.474 e. The summed E-state index contributed by atoms with van der Waals surface area (Å²) in [5.74, 6) is 1.53. The maximum atomic E-state index is 13.2. The number of nitrogens with zero attached hydrogens (tertiary/aromatic N) is 1. The Labute approximate surface area is 141 Å². The molecule has 24 heavy (non-hydrogen) atoms. The van der Waals surface area contributed by atoms with Crippen LogP contribution in [0.2, 0.25) is 0 Å². The lowest BCUT2D eigenvalue weighted by atomic mass is 9.95. The molecular formula is C19H22FN3O. The molecule has 3 N–H and O–H groups in total. The maximum Gasteiger partial charge on any atom is 0.214 e. The number of nitrogens with one attached hydrogen (secondary N) is 1. The second-order valence-electron chi connectivity index (χ2n) is 7.38. The van der Waals surface area contributed by atoms with Crippen molar-refractivity contribution in [2.24, 2.45) is 17.6 Å². The number of pyridine rings is 1. The van der Waals surface area contributed by atoms with Gasteiger partial charge in [0.1, 0.15) is 11.9 Å². The summed E-state index contributed by atoms with van der Waals surface area (Å²) in [7, 11) is 0. The van der Waals surface area contributed by atoms with Gasteiger partial charge < -0.3 is 15.8 Å². The monoisotopic (exact) mass is 327 g/mol. The zero-order valence-corrected chi connectivity index (χ0v) is 13.9. The minimum Gasteiger partial charge on any atom is -0.474 e. The lowest BCUT2D eigenvalue weighted by molar-refractivity contribution is 0.251. The average Bonchev–Trinajstić information content (AvgIpc) is 2.95. The van der Waals surface area contributed by atoms with Crippen LogP contribution in [0.15, 0.2) is 36.4 Å². The zero-order chi connectivity index (χ0) is 16.9. The summed E-state index contributed by atoms with van der Waals surface area (Å²) in [6.07, 6.45) is 0.246. The van der Waals surface area contributed by atoms with Crippen molar-refractivity contribution in [1.29, 1.82) is 0 Å². The molecule has 2 heterocycles. The highest BCUT2D eigenvalue weighted by Gasteiger charge is 2.55. The molecule has 2 fully saturated rings. The van der Waals surface area contributed by atoms with E-state index in [9.17, 15) is 4.39 Å². The molecule has 0 radical (unpaired) electrons. The first-order valence-electron chi connectivity index (χ1n) is 8.36. The third-order valence-electron chi connectivity index (χ3n) is 4.96. The van der Waals surface area contributed by atoms with Gasteiger partial charge >= 0.3 is 0 Å². The molecule has 126 valence electrons. The molecule has 2 atom stereocenters. The fourth-order valence-electron chi connectivity index (χ4n) is 3.38. The number of halogens is 1. The number of fused-ring (bicyclic) bond motifs is 1. The van der Waals surface area contributed by atoms with Crippen LogP contribution in [0, 0.1) is 17.7 Å². The van der Waals surface area contributed by atoms with Crippen molar-refractivity contribution in [2.45, 2.75) is 25.5 Å². The summed E-state index contributed by atoms with van der Waals surface area (Å²) >= 11 is 0. The van der Waals surface area contributed by atoms with Gasteiger partial charge in [-0.05, 0) is 49.7 Å². The van der Waals surface area contributed by atoms with E-state index in [1.807, 2.05) is 26.0 Å². The molecule has 1 aliphatic heterocycles. The van der Waals surface area contributed by atoms with Crippen molar-refractivity contribution in [3.63, 3.8) is 0 Å². The Bertz CT molecular complexity index is 744. The molecule has 1 saturated carbocycles. The summed E-state index contributed by atoms with van der Waals surface area (Å²) in [4.78, 5) is 4.63. The van der Waals surface area contributed by atoms with E-state index in [1.165, 1.54) is 12.1 Å². The van der Waals surface area contributed by atoms with Gasteiger partial charge in [-0.2, -0.15) is 0 Å². The van der Waals surface area contributed by atoms with Crippen LogP contribution >= 0.6 is 0 Å². The number of benzene rings is 1. The fourth-order valence-corrected chi connectivity index (χ4v) is 3.38. The van der Waals surface area contributed by atoms with E-state index in [2.05, 4.69) is 10.3 Å². The Balaban J connectivity index is 1.67. The summed E-state index contributed by atoms with van der Waals surface area (Å²) in [6, 6.07) is 10.2. The predicted octanol–water partition coefficient (Wildman–Crippen LogP) is 2.68. The van der Waals surface area contributed by atoms with Gasteiger partial charge in [-0.3, -0.25) is 0 Å². The predicted molar refractivity (Wildman–Crippen MR) is 91.1 cm³/mol. The average molecular weight is 327 g/mol. The lowest BCUT2D eigenvalue weighted by Gasteiger charge is -2.21. The van der Waals surface area contributed by atoms with Gasteiger partial charge in [0.05, 0.1) is 5.69 Å². The van der Waals surface area contributed by atoms with Crippen molar-refractivity contribution in [3.8, 4) is 17.1 Å². The Morgan fingerprint density at radius 1 is 1.17 bits per heavy atom. The summed E-state index contributed by atoms with van der Waals surface area (Å²) < 4.78 is 19.3. The third-order valence-corrected chi connectivity index (χ3v) is 4.96. The van der Waals surface area contributed by atoms with Crippen LogP contribution in [0.4, 0.5) is 4.39 Å². The first-order valence-corrected chi connectivity index (χ1v) is 8.36. The molecule has 1 aromatic heterocycles. The quantitative estimate of drug-likeness (QED) is 0.906. The number of ether oxygens (including phenoxy) is 1. The van der Waals surface area contributed by atoms with Gasteiger partial charge in [0.2, 0.25) is 5.88 Å². The second kappa shape index (κ2) is 5.53. The molecule has 4 rings (SSSR count). The number of rotatable bonds is 4. The van der Waals surface area contributed by atoms with Gasteiger partial charge in [-0.1, -0.05) is 0 Å². The molecule has 2 aromatic rings. The van der Waals surface area contributed by atoms with Crippen molar-refractivity contribution in [3.05, 3.63) is 47.8 Å². The van der Waals surface area contributed by atoms with Crippen LogP contribution in [-0.2, 0) is 5.54 Å². The van der Waals surface area contributed by atoms with Gasteiger partial charge in [-0.25, -0.2) is 9.37 Å². The van der Waals surface area contributed by atoms with Gasteiger partial charge in [0.15, 0.2) is 0 Å². The number of nitrogens with two attached hydrogens (primary N) is 1. The molecule has 1 saturated heterocycles. The molecule has 1 aliphatic carbocycles. The van der Waals surface area contributed by atoms with Crippen LogP contribution < -0.4 is 15.8 Å². The SMILES string of the molecule is CC(C)(N)c1cc(OC2C3CNCC32)nc(-c2ccc(F)cc2)c1. The van der Waals surface area contributed by atoms with Crippen molar-refractivity contribution in [1.82, 2.24) is 10.3 Å². The molecule has 2 unspecified atom stereocenters. The number of hydrogen-bond acceptors (Lipinski definition) is 4. The van der Waals surface area contributed by atoms with E-state index < -0.39 is 5.54 Å². The van der Waals surface area contributed by atoms with Gasteiger partial charge in [0.25, 0.3) is 0 Å². The first-order chi connectivity index (χ1) is 11.4. The first kappa shape index (κ1) is 15.5. The maximum absolute atomic E-state index is 13.2. The third kappa shape index (κ3) is 2.89. The van der Waals surface area contributed by atoms with Gasteiger partial charge in [-0.15, -0.1) is 0 Å². The Kier molecular flexibility index (Phi) is 3.58. The minimum absolute atomic E-state index is 0.246. The summed E-state index contributed by atoms with van der Waals surface area (Å²) in [5, 5.41) is 3.36. The van der Waals surface area contributed by atoms with Gasteiger partial charge in [0, 0.05) is 42.1 Å².